The molecule has 1 aromatic heterocycles. The second-order valence-corrected chi connectivity index (χ2v) is 6.31. The quantitative estimate of drug-likeness (QED) is 0.572. The first-order valence-corrected chi connectivity index (χ1v) is 8.69. The number of aromatic nitrogens is 1. The van der Waals surface area contributed by atoms with Crippen LogP contribution in [0.4, 0.5) is 4.79 Å². The van der Waals surface area contributed by atoms with Crippen LogP contribution < -0.4 is 10.7 Å². The Kier molecular flexibility index (Phi) is 5.16. The van der Waals surface area contributed by atoms with Crippen LogP contribution >= 0.6 is 0 Å². The molecule has 1 aliphatic heterocycles. The van der Waals surface area contributed by atoms with E-state index >= 15 is 0 Å². The number of hydrogen-bond donors (Lipinski definition) is 2. The van der Waals surface area contributed by atoms with Crippen molar-refractivity contribution in [3.63, 3.8) is 0 Å². The van der Waals surface area contributed by atoms with Crippen molar-refractivity contribution in [3.05, 3.63) is 59.9 Å². The van der Waals surface area contributed by atoms with Crippen LogP contribution in [0.3, 0.4) is 0 Å². The molecule has 9 nitrogen and oxygen atoms in total. The van der Waals surface area contributed by atoms with E-state index in [4.69, 9.17) is 4.74 Å². The number of carbonyl (C=O) groups is 4. The normalized spacial score (nSPS) is 18.7. The molecule has 146 valence electrons. The molecule has 0 radical (unpaired) electrons. The van der Waals surface area contributed by atoms with Crippen molar-refractivity contribution in [1.29, 1.82) is 0 Å². The monoisotopic (exact) mass is 384 g/mol. The van der Waals surface area contributed by atoms with Gasteiger partial charge in [0.2, 0.25) is 0 Å². The lowest BCUT2D eigenvalue weighted by molar-refractivity contribution is -0.140. The number of aryl methyl sites for hydroxylation is 1. The summed E-state index contributed by atoms with van der Waals surface area (Å²) in [4.78, 5) is 49.3. The van der Waals surface area contributed by atoms with Crippen LogP contribution in [0.2, 0.25) is 0 Å². The molecule has 2 N–H and O–H groups in total. The Hall–Kier alpha value is -3.62. The minimum Gasteiger partial charge on any atom is -0.451 e. The Balaban J connectivity index is 1.66. The first-order valence-electron chi connectivity index (χ1n) is 8.69. The number of amides is 4. The van der Waals surface area contributed by atoms with E-state index in [1.165, 1.54) is 0 Å². The fourth-order valence-electron chi connectivity index (χ4n) is 3.07. The number of rotatable bonds is 6. The average molecular weight is 384 g/mol. The summed E-state index contributed by atoms with van der Waals surface area (Å²) in [5, 5.41) is 3.27. The molecule has 3 rings (SSSR count). The number of carbonyl (C=O) groups excluding carboxylic acids is 4. The van der Waals surface area contributed by atoms with Crippen LogP contribution in [0.15, 0.2) is 48.7 Å². The average Bonchev–Trinajstić information content (AvgIpc) is 3.23. The Labute approximate surface area is 161 Å². The third-order valence-corrected chi connectivity index (χ3v) is 4.61. The van der Waals surface area contributed by atoms with Crippen LogP contribution in [0.25, 0.3) is 0 Å². The van der Waals surface area contributed by atoms with Gasteiger partial charge in [0.15, 0.2) is 6.61 Å². The van der Waals surface area contributed by atoms with E-state index in [1.807, 2.05) is 0 Å². The van der Waals surface area contributed by atoms with Gasteiger partial charge in [-0.25, -0.2) is 9.59 Å². The van der Waals surface area contributed by atoms with Crippen molar-refractivity contribution in [2.24, 2.45) is 7.05 Å². The summed E-state index contributed by atoms with van der Waals surface area (Å²) in [6, 6.07) is 11.2. The van der Waals surface area contributed by atoms with Crippen LogP contribution in [-0.4, -0.2) is 40.0 Å². The summed E-state index contributed by atoms with van der Waals surface area (Å²) in [6.45, 7) is 1.13. The Morgan fingerprint density at radius 1 is 1.14 bits per heavy atom. The molecule has 28 heavy (non-hydrogen) atoms. The Morgan fingerprint density at radius 3 is 2.46 bits per heavy atom. The van der Waals surface area contributed by atoms with Crippen molar-refractivity contribution in [2.75, 3.05) is 6.61 Å². The van der Waals surface area contributed by atoms with Gasteiger partial charge in [-0.05, 0) is 24.1 Å². The third-order valence-electron chi connectivity index (χ3n) is 4.61. The standard InChI is InChI=1S/C19H20N4O5/c1-3-19(13-8-5-4-6-9-13)17(26)23(18(27)20-19)21-15(24)12-28-16(25)14-10-7-11-22(14)2/h4-11H,3,12H2,1-2H3,(H,20,27)(H,21,24)/t19-/m0/s1. The van der Waals surface area contributed by atoms with Crippen molar-refractivity contribution in [2.45, 2.75) is 18.9 Å². The molecular weight excluding hydrogens is 364 g/mol. The summed E-state index contributed by atoms with van der Waals surface area (Å²) < 4.78 is 6.48. The molecule has 0 spiro atoms. The van der Waals surface area contributed by atoms with Gasteiger partial charge in [0.05, 0.1) is 0 Å². The number of hydrazine groups is 1. The molecule has 4 amide bonds. The molecule has 1 fully saturated rings. The van der Waals surface area contributed by atoms with Gasteiger partial charge < -0.3 is 14.6 Å². The first kappa shape index (κ1) is 19.2. The molecule has 1 aliphatic rings. The van der Waals surface area contributed by atoms with Crippen LogP contribution in [0.5, 0.6) is 0 Å². The van der Waals surface area contributed by atoms with E-state index in [-0.39, 0.29) is 5.69 Å². The maximum atomic E-state index is 12.9. The summed E-state index contributed by atoms with van der Waals surface area (Å²) in [6.07, 6.45) is 1.97. The van der Waals surface area contributed by atoms with Gasteiger partial charge in [0, 0.05) is 13.2 Å². The number of imide groups is 1. The summed E-state index contributed by atoms with van der Waals surface area (Å²) in [5.74, 6) is -2.09. The predicted molar refractivity (Wildman–Crippen MR) is 97.6 cm³/mol. The number of urea groups is 1. The molecule has 1 saturated heterocycles. The summed E-state index contributed by atoms with van der Waals surface area (Å²) >= 11 is 0. The summed E-state index contributed by atoms with van der Waals surface area (Å²) in [7, 11) is 1.66. The number of nitrogens with one attached hydrogen (secondary N) is 2. The van der Waals surface area contributed by atoms with E-state index in [0.717, 1.165) is 0 Å². The Morgan fingerprint density at radius 2 is 1.86 bits per heavy atom. The maximum absolute atomic E-state index is 12.9. The second kappa shape index (κ2) is 7.55. The van der Waals surface area contributed by atoms with E-state index in [0.29, 0.717) is 17.0 Å². The topological polar surface area (TPSA) is 110 Å². The van der Waals surface area contributed by atoms with Gasteiger partial charge >= 0.3 is 12.0 Å². The second-order valence-electron chi connectivity index (χ2n) is 6.31. The van der Waals surface area contributed by atoms with Crippen LogP contribution in [0, 0.1) is 0 Å². The van der Waals surface area contributed by atoms with Crippen molar-refractivity contribution >= 4 is 23.8 Å². The van der Waals surface area contributed by atoms with Gasteiger partial charge in [-0.1, -0.05) is 37.3 Å². The highest BCUT2D eigenvalue weighted by atomic mass is 16.5. The van der Waals surface area contributed by atoms with E-state index in [9.17, 15) is 19.2 Å². The lowest BCUT2D eigenvalue weighted by atomic mass is 9.87. The number of ether oxygens (including phenoxy) is 1. The summed E-state index contributed by atoms with van der Waals surface area (Å²) in [5.41, 5.74) is 1.83. The molecule has 0 bridgehead atoms. The Bertz CT molecular complexity index is 923. The largest absolute Gasteiger partial charge is 0.451 e. The van der Waals surface area contributed by atoms with E-state index in [2.05, 4.69) is 10.7 Å². The predicted octanol–water partition coefficient (Wildman–Crippen LogP) is 1.07. The lowest BCUT2D eigenvalue weighted by Crippen LogP contribution is -2.49. The number of benzene rings is 1. The molecule has 1 atom stereocenters. The van der Waals surface area contributed by atoms with Crippen LogP contribution in [-0.2, 0) is 26.9 Å². The van der Waals surface area contributed by atoms with Gasteiger partial charge in [0.25, 0.3) is 11.8 Å². The molecule has 0 unspecified atom stereocenters. The minimum absolute atomic E-state index is 0.275. The van der Waals surface area contributed by atoms with Crippen molar-refractivity contribution in [1.82, 2.24) is 20.3 Å². The molecule has 0 aliphatic carbocycles. The zero-order chi connectivity index (χ0) is 20.3. The van der Waals surface area contributed by atoms with E-state index < -0.39 is 36.0 Å². The minimum atomic E-state index is -1.26. The van der Waals surface area contributed by atoms with Gasteiger partial charge in [-0.15, -0.1) is 0 Å². The highest BCUT2D eigenvalue weighted by molar-refractivity contribution is 6.08. The van der Waals surface area contributed by atoms with Gasteiger partial charge in [0.1, 0.15) is 11.2 Å². The smallest absolute Gasteiger partial charge is 0.355 e. The molecule has 0 saturated carbocycles. The highest BCUT2D eigenvalue weighted by Crippen LogP contribution is 2.31. The molecule has 2 aromatic rings. The molecule has 2 heterocycles. The number of hydrogen-bond acceptors (Lipinski definition) is 5. The van der Waals surface area contributed by atoms with Crippen molar-refractivity contribution < 1.29 is 23.9 Å². The number of nitrogens with zero attached hydrogens (tertiary/aromatic N) is 2. The van der Waals surface area contributed by atoms with Crippen molar-refractivity contribution in [3.8, 4) is 0 Å². The SMILES string of the molecule is CC[C@@]1(c2ccccc2)NC(=O)N(NC(=O)COC(=O)c2cccn2C)C1=O. The van der Waals surface area contributed by atoms with Gasteiger partial charge in [-0.2, -0.15) is 5.01 Å². The highest BCUT2D eigenvalue weighted by Gasteiger charge is 2.52. The van der Waals surface area contributed by atoms with Crippen LogP contribution in [0.1, 0.15) is 29.4 Å². The van der Waals surface area contributed by atoms with Gasteiger partial charge in [-0.3, -0.25) is 15.0 Å². The lowest BCUT2D eigenvalue weighted by Gasteiger charge is -2.25. The molecular formula is C19H20N4O5. The fourth-order valence-corrected chi connectivity index (χ4v) is 3.07. The first-order chi connectivity index (χ1) is 13.4. The zero-order valence-electron chi connectivity index (χ0n) is 15.5. The molecule has 1 aromatic carbocycles. The fraction of sp³-hybridized carbons (Fsp3) is 0.263. The van der Waals surface area contributed by atoms with E-state index in [1.54, 1.807) is 67.2 Å². The maximum Gasteiger partial charge on any atom is 0.355 e. The number of esters is 1. The zero-order valence-corrected chi connectivity index (χ0v) is 15.5. The third kappa shape index (κ3) is 3.34. The molecule has 9 heteroatoms.